The number of carbonyl (C=O) groups is 4. The molecule has 4 amide bonds. The summed E-state index contributed by atoms with van der Waals surface area (Å²) in [6, 6.07) is 8.44. The van der Waals surface area contributed by atoms with Crippen molar-refractivity contribution in [2.45, 2.75) is 69.7 Å². The number of hydrogen-bond donors (Lipinski definition) is 5. The number of oxazole rings is 1. The van der Waals surface area contributed by atoms with Crippen LogP contribution in [-0.4, -0.2) is 68.2 Å². The fourth-order valence-electron chi connectivity index (χ4n) is 4.71. The van der Waals surface area contributed by atoms with Crippen LogP contribution in [-0.2, 0) is 34.3 Å². The number of rotatable bonds is 7. The van der Waals surface area contributed by atoms with Gasteiger partial charge in [-0.05, 0) is 44.2 Å². The second-order valence-corrected chi connectivity index (χ2v) is 10.4. The van der Waals surface area contributed by atoms with Crippen LogP contribution in [0.25, 0.3) is 0 Å². The van der Waals surface area contributed by atoms with Crippen LogP contribution in [0.3, 0.4) is 0 Å². The Kier molecular flexibility index (Phi) is 10.4. The summed E-state index contributed by atoms with van der Waals surface area (Å²) in [5.41, 5.74) is 1.68. The molecule has 0 saturated heterocycles. The normalized spacial score (nSPS) is 21.1. The van der Waals surface area contributed by atoms with E-state index >= 15 is 0 Å². The smallest absolute Gasteiger partial charge is 0.273 e. The van der Waals surface area contributed by atoms with Gasteiger partial charge in [0.15, 0.2) is 5.69 Å². The first kappa shape index (κ1) is 30.4. The molecule has 0 saturated carbocycles. The zero-order chi connectivity index (χ0) is 30.1. The van der Waals surface area contributed by atoms with Gasteiger partial charge in [-0.25, -0.2) is 4.98 Å². The maximum atomic E-state index is 13.6. The van der Waals surface area contributed by atoms with Gasteiger partial charge in [0.05, 0.1) is 6.10 Å². The molecular weight excluding hydrogens is 542 g/mol. The van der Waals surface area contributed by atoms with E-state index < -0.39 is 42.0 Å². The molecular formula is C29H37N7O6. The molecule has 0 unspecified atom stereocenters. The summed E-state index contributed by atoms with van der Waals surface area (Å²) in [6.07, 6.45) is 3.94. The molecule has 0 radical (unpaired) electrons. The summed E-state index contributed by atoms with van der Waals surface area (Å²) >= 11 is 0. The van der Waals surface area contributed by atoms with E-state index in [-0.39, 0.29) is 30.5 Å². The van der Waals surface area contributed by atoms with E-state index in [4.69, 9.17) is 4.42 Å². The van der Waals surface area contributed by atoms with Crippen molar-refractivity contribution in [2.75, 3.05) is 6.54 Å². The molecule has 4 rings (SSSR count). The third-order valence-electron chi connectivity index (χ3n) is 7.10. The van der Waals surface area contributed by atoms with Gasteiger partial charge in [-0.2, -0.15) is 5.10 Å². The number of nitrogens with zero attached hydrogens (tertiary/aromatic N) is 3. The molecule has 3 heterocycles. The number of nitrogens with one attached hydrogen (secondary N) is 4. The quantitative estimate of drug-likeness (QED) is 0.271. The van der Waals surface area contributed by atoms with Gasteiger partial charge in [0.25, 0.3) is 5.91 Å². The second-order valence-electron chi connectivity index (χ2n) is 10.4. The lowest BCUT2D eigenvalue weighted by molar-refractivity contribution is -0.129. The Morgan fingerprint density at radius 2 is 1.93 bits per heavy atom. The molecule has 1 aliphatic heterocycles. The highest BCUT2D eigenvalue weighted by molar-refractivity contribution is 5.96. The SMILES string of the molecule is C[C@@H](O)[C@@H]1NC(=O)c2coc(n2)[C@H](Cc2ccccc2)NC(=O)[C@@H](NC(=O)CCc2ccnn2C)CCCCNC1=O. The van der Waals surface area contributed by atoms with Crippen molar-refractivity contribution in [2.24, 2.45) is 7.05 Å². The number of aryl methyl sites for hydroxylation is 2. The molecule has 0 spiro atoms. The van der Waals surface area contributed by atoms with Crippen molar-refractivity contribution in [1.82, 2.24) is 36.0 Å². The summed E-state index contributed by atoms with van der Waals surface area (Å²) in [5, 5.41) is 25.3. The van der Waals surface area contributed by atoms with E-state index in [2.05, 4.69) is 31.3 Å². The first-order valence-corrected chi connectivity index (χ1v) is 14.0. The van der Waals surface area contributed by atoms with Crippen LogP contribution < -0.4 is 21.3 Å². The Morgan fingerprint density at radius 3 is 2.64 bits per heavy atom. The molecule has 13 nitrogen and oxygen atoms in total. The van der Waals surface area contributed by atoms with Crippen molar-refractivity contribution in [3.05, 3.63) is 71.7 Å². The van der Waals surface area contributed by atoms with Gasteiger partial charge in [0.2, 0.25) is 23.6 Å². The van der Waals surface area contributed by atoms with E-state index in [1.807, 2.05) is 36.4 Å². The first-order valence-electron chi connectivity index (χ1n) is 14.0. The maximum Gasteiger partial charge on any atom is 0.273 e. The van der Waals surface area contributed by atoms with Crippen molar-refractivity contribution in [1.29, 1.82) is 0 Å². The van der Waals surface area contributed by atoms with E-state index in [0.717, 1.165) is 17.5 Å². The molecule has 1 aliphatic rings. The summed E-state index contributed by atoms with van der Waals surface area (Å²) < 4.78 is 7.33. The molecule has 4 atom stereocenters. The standard InChI is InChI=1S/C29H37N7O6/c1-18(37)25-28(41)30-14-7-6-10-21(32-24(38)12-11-20-13-15-31-36(20)2)26(39)33-22(16-19-8-4-3-5-9-19)29-34-23(17-42-29)27(40)35-25/h3-5,8-9,13,15,17-18,21-22,25,37H,6-7,10-12,14,16H2,1-2H3,(H,30,41)(H,32,38)(H,33,39)(H,35,40)/t18-,21+,22+,25+/m1/s1. The van der Waals surface area contributed by atoms with Gasteiger partial charge in [-0.15, -0.1) is 0 Å². The maximum absolute atomic E-state index is 13.6. The van der Waals surface area contributed by atoms with Gasteiger partial charge < -0.3 is 30.8 Å². The van der Waals surface area contributed by atoms with Crippen molar-refractivity contribution < 1.29 is 28.7 Å². The minimum atomic E-state index is -1.20. The topological polar surface area (TPSA) is 180 Å². The van der Waals surface area contributed by atoms with Gasteiger partial charge in [-0.1, -0.05) is 30.3 Å². The first-order chi connectivity index (χ1) is 20.2. The molecule has 224 valence electrons. The lowest BCUT2D eigenvalue weighted by Gasteiger charge is -2.23. The number of hydrogen-bond acceptors (Lipinski definition) is 8. The summed E-state index contributed by atoms with van der Waals surface area (Å²) in [5.74, 6) is -1.87. The Bertz CT molecular complexity index is 1370. The van der Waals surface area contributed by atoms with E-state index in [0.29, 0.717) is 32.1 Å². The minimum absolute atomic E-state index is 0.0868. The van der Waals surface area contributed by atoms with E-state index in [9.17, 15) is 24.3 Å². The molecule has 0 aliphatic carbocycles. The molecule has 42 heavy (non-hydrogen) atoms. The Balaban J connectivity index is 1.57. The molecule has 3 aromatic rings. The second kappa shape index (κ2) is 14.4. The highest BCUT2D eigenvalue weighted by Gasteiger charge is 2.30. The van der Waals surface area contributed by atoms with Crippen molar-refractivity contribution >= 4 is 23.6 Å². The number of carbonyl (C=O) groups excluding carboxylic acids is 4. The minimum Gasteiger partial charge on any atom is -0.446 e. The highest BCUT2D eigenvalue weighted by atomic mass is 16.3. The van der Waals surface area contributed by atoms with Crippen LogP contribution in [0.15, 0.2) is 53.3 Å². The Labute approximate surface area is 243 Å². The fraction of sp³-hybridized carbons (Fsp3) is 0.448. The predicted octanol–water partition coefficient (Wildman–Crippen LogP) is 0.705. The molecule has 2 aromatic heterocycles. The zero-order valence-electron chi connectivity index (χ0n) is 23.7. The van der Waals surface area contributed by atoms with E-state index in [1.54, 1.807) is 17.9 Å². The van der Waals surface area contributed by atoms with Crippen LogP contribution in [0.5, 0.6) is 0 Å². The molecule has 13 heteroatoms. The largest absolute Gasteiger partial charge is 0.446 e. The molecule has 1 aromatic carbocycles. The van der Waals surface area contributed by atoms with Crippen molar-refractivity contribution in [3.8, 4) is 0 Å². The summed E-state index contributed by atoms with van der Waals surface area (Å²) in [7, 11) is 1.80. The van der Waals surface area contributed by atoms with Crippen LogP contribution in [0.1, 0.15) is 66.3 Å². The Morgan fingerprint density at radius 1 is 1.14 bits per heavy atom. The number of aliphatic hydroxyl groups excluding tert-OH is 1. The van der Waals surface area contributed by atoms with Gasteiger partial charge in [0, 0.05) is 38.3 Å². The number of aromatic nitrogens is 3. The lowest BCUT2D eigenvalue weighted by atomic mass is 10.0. The monoisotopic (exact) mass is 579 g/mol. The molecule has 0 fully saturated rings. The lowest BCUT2D eigenvalue weighted by Crippen LogP contribution is -2.52. The number of benzene rings is 1. The van der Waals surface area contributed by atoms with Gasteiger partial charge in [0.1, 0.15) is 24.4 Å². The van der Waals surface area contributed by atoms with E-state index in [1.165, 1.54) is 6.92 Å². The highest BCUT2D eigenvalue weighted by Crippen LogP contribution is 2.20. The summed E-state index contributed by atoms with van der Waals surface area (Å²) in [6.45, 7) is 1.66. The number of fused-ring (bicyclic) bond motifs is 2. The van der Waals surface area contributed by atoms with Crippen LogP contribution in [0.2, 0.25) is 0 Å². The molecule has 2 bridgehead atoms. The van der Waals surface area contributed by atoms with Gasteiger partial charge >= 0.3 is 0 Å². The number of aliphatic hydroxyl groups is 1. The van der Waals surface area contributed by atoms with Crippen LogP contribution in [0.4, 0.5) is 0 Å². The third-order valence-corrected chi connectivity index (χ3v) is 7.10. The summed E-state index contributed by atoms with van der Waals surface area (Å²) in [4.78, 5) is 56.4. The van der Waals surface area contributed by atoms with Gasteiger partial charge in [-0.3, -0.25) is 23.9 Å². The Hall–Kier alpha value is -4.52. The fourth-order valence-corrected chi connectivity index (χ4v) is 4.71. The van der Waals surface area contributed by atoms with Crippen molar-refractivity contribution in [3.63, 3.8) is 0 Å². The van der Waals surface area contributed by atoms with Crippen LogP contribution >= 0.6 is 0 Å². The number of amides is 4. The zero-order valence-corrected chi connectivity index (χ0v) is 23.7. The third kappa shape index (κ3) is 8.26. The van der Waals surface area contributed by atoms with Crippen LogP contribution in [0, 0.1) is 0 Å². The predicted molar refractivity (Wildman–Crippen MR) is 151 cm³/mol. The average Bonchev–Trinajstić information content (AvgIpc) is 3.62. The molecule has 5 N–H and O–H groups in total. The average molecular weight is 580 g/mol.